The molecule has 1 unspecified atom stereocenters. The highest BCUT2D eigenvalue weighted by molar-refractivity contribution is 6.33. The molecular formula is C13H18ClN3O2. The van der Waals surface area contributed by atoms with E-state index in [0.29, 0.717) is 22.8 Å². The van der Waals surface area contributed by atoms with Gasteiger partial charge in [-0.1, -0.05) is 11.6 Å². The Labute approximate surface area is 117 Å². The van der Waals surface area contributed by atoms with Crippen molar-refractivity contribution in [2.45, 2.75) is 32.4 Å². The molecule has 0 aromatic heterocycles. The van der Waals surface area contributed by atoms with E-state index in [-0.39, 0.29) is 5.69 Å². The van der Waals surface area contributed by atoms with Gasteiger partial charge in [0, 0.05) is 37.3 Å². The molecule has 6 heteroatoms. The summed E-state index contributed by atoms with van der Waals surface area (Å²) in [6, 6.07) is 5.30. The number of non-ortho nitro benzene ring substituents is 1. The molecule has 1 aromatic carbocycles. The van der Waals surface area contributed by atoms with E-state index in [1.54, 1.807) is 6.07 Å². The number of benzene rings is 1. The molecule has 1 fully saturated rings. The van der Waals surface area contributed by atoms with Crippen molar-refractivity contribution < 1.29 is 4.92 Å². The van der Waals surface area contributed by atoms with E-state index >= 15 is 0 Å². The average molecular weight is 284 g/mol. The molecule has 1 atom stereocenters. The molecule has 0 spiro atoms. The Morgan fingerprint density at radius 2 is 2.26 bits per heavy atom. The molecule has 1 aliphatic heterocycles. The van der Waals surface area contributed by atoms with Crippen LogP contribution in [0.5, 0.6) is 0 Å². The van der Waals surface area contributed by atoms with E-state index < -0.39 is 4.92 Å². The van der Waals surface area contributed by atoms with E-state index in [1.165, 1.54) is 12.1 Å². The lowest BCUT2D eigenvalue weighted by atomic mass is 10.2. The number of nitro groups is 1. The minimum atomic E-state index is -0.406. The molecule has 19 heavy (non-hydrogen) atoms. The van der Waals surface area contributed by atoms with Gasteiger partial charge >= 0.3 is 0 Å². The number of hydrogen-bond donors (Lipinski definition) is 1. The number of nitro benzene ring substituents is 1. The van der Waals surface area contributed by atoms with Crippen molar-refractivity contribution in [3.63, 3.8) is 0 Å². The fraction of sp³-hybridized carbons (Fsp3) is 0.538. The van der Waals surface area contributed by atoms with Crippen molar-refractivity contribution in [3.05, 3.63) is 33.3 Å². The van der Waals surface area contributed by atoms with Gasteiger partial charge < -0.3 is 5.32 Å². The molecule has 0 aliphatic carbocycles. The van der Waals surface area contributed by atoms with Crippen LogP contribution in [0.4, 0.5) is 11.4 Å². The molecule has 0 radical (unpaired) electrons. The number of likely N-dealkylation sites (tertiary alicyclic amines) is 1. The van der Waals surface area contributed by atoms with E-state index in [2.05, 4.69) is 24.1 Å². The second kappa shape index (κ2) is 5.75. The maximum atomic E-state index is 10.8. The number of hydrogen-bond acceptors (Lipinski definition) is 4. The maximum Gasteiger partial charge on any atom is 0.271 e. The largest absolute Gasteiger partial charge is 0.380 e. The van der Waals surface area contributed by atoms with E-state index in [0.717, 1.165) is 19.5 Å². The summed E-state index contributed by atoms with van der Waals surface area (Å²) in [7, 11) is 0. The van der Waals surface area contributed by atoms with Crippen LogP contribution in [0.1, 0.15) is 20.3 Å². The van der Waals surface area contributed by atoms with Crippen LogP contribution in [0.2, 0.25) is 5.02 Å². The molecule has 0 bridgehead atoms. The fourth-order valence-corrected chi connectivity index (χ4v) is 2.50. The summed E-state index contributed by atoms with van der Waals surface area (Å²) < 4.78 is 0. The van der Waals surface area contributed by atoms with Crippen LogP contribution < -0.4 is 5.32 Å². The zero-order valence-electron chi connectivity index (χ0n) is 11.1. The summed E-state index contributed by atoms with van der Waals surface area (Å²) in [5, 5.41) is 14.6. The van der Waals surface area contributed by atoms with Crippen molar-refractivity contribution in [2.24, 2.45) is 0 Å². The van der Waals surface area contributed by atoms with Gasteiger partial charge in [-0.15, -0.1) is 0 Å². The van der Waals surface area contributed by atoms with Gasteiger partial charge in [-0.3, -0.25) is 15.0 Å². The van der Waals surface area contributed by atoms with E-state index in [9.17, 15) is 10.1 Å². The van der Waals surface area contributed by atoms with Gasteiger partial charge in [0.1, 0.15) is 0 Å². The normalized spacial score (nSPS) is 19.9. The summed E-state index contributed by atoms with van der Waals surface area (Å²) in [6.07, 6.45) is 1.03. The average Bonchev–Trinajstić information content (AvgIpc) is 2.80. The molecule has 1 saturated heterocycles. The van der Waals surface area contributed by atoms with Gasteiger partial charge in [0.2, 0.25) is 0 Å². The zero-order chi connectivity index (χ0) is 14.0. The molecule has 1 aromatic rings. The van der Waals surface area contributed by atoms with Gasteiger partial charge in [0.25, 0.3) is 5.69 Å². The van der Waals surface area contributed by atoms with Crippen molar-refractivity contribution >= 4 is 23.0 Å². The minimum absolute atomic E-state index is 0.0608. The summed E-state index contributed by atoms with van der Waals surface area (Å²) in [5.74, 6) is 0. The molecule has 1 aliphatic rings. The van der Waals surface area contributed by atoms with Crippen LogP contribution in [-0.2, 0) is 0 Å². The lowest BCUT2D eigenvalue weighted by molar-refractivity contribution is -0.384. The summed E-state index contributed by atoms with van der Waals surface area (Å²) in [5.41, 5.74) is 0.706. The number of nitrogens with zero attached hydrogens (tertiary/aromatic N) is 2. The van der Waals surface area contributed by atoms with Gasteiger partial charge in [0.05, 0.1) is 15.6 Å². The quantitative estimate of drug-likeness (QED) is 0.681. The highest BCUT2D eigenvalue weighted by atomic mass is 35.5. The first-order chi connectivity index (χ1) is 8.97. The van der Waals surface area contributed by atoms with Crippen LogP contribution in [0.15, 0.2) is 18.2 Å². The van der Waals surface area contributed by atoms with Crippen LogP contribution in [0.25, 0.3) is 0 Å². The Hall–Kier alpha value is -1.33. The first kappa shape index (κ1) is 14.1. The molecule has 104 valence electrons. The minimum Gasteiger partial charge on any atom is -0.380 e. The Bertz CT molecular complexity index is 479. The van der Waals surface area contributed by atoms with Crippen LogP contribution in [0, 0.1) is 10.1 Å². The fourth-order valence-electron chi connectivity index (χ4n) is 2.33. The Morgan fingerprint density at radius 1 is 1.53 bits per heavy atom. The number of halogens is 1. The third kappa shape index (κ3) is 3.36. The number of anilines is 1. The third-order valence-electron chi connectivity index (χ3n) is 3.47. The van der Waals surface area contributed by atoms with Gasteiger partial charge in [0.15, 0.2) is 0 Å². The molecule has 0 saturated carbocycles. The molecule has 0 amide bonds. The second-order valence-electron chi connectivity index (χ2n) is 5.14. The van der Waals surface area contributed by atoms with Gasteiger partial charge in [-0.2, -0.15) is 0 Å². The molecule has 2 rings (SSSR count). The smallest absolute Gasteiger partial charge is 0.271 e. The Morgan fingerprint density at radius 3 is 2.84 bits per heavy atom. The van der Waals surface area contributed by atoms with Crippen molar-refractivity contribution in [1.82, 2.24) is 4.90 Å². The predicted octanol–water partition coefficient (Wildman–Crippen LogP) is 3.14. The Kier molecular flexibility index (Phi) is 4.27. The summed E-state index contributed by atoms with van der Waals surface area (Å²) in [4.78, 5) is 12.7. The van der Waals surface area contributed by atoms with Crippen LogP contribution in [-0.4, -0.2) is 35.0 Å². The SMILES string of the molecule is CC(C)N1CCC(Nc2cc([N+](=O)[O-])ccc2Cl)C1. The highest BCUT2D eigenvalue weighted by Gasteiger charge is 2.24. The van der Waals surface area contributed by atoms with E-state index in [1.807, 2.05) is 0 Å². The number of rotatable bonds is 4. The third-order valence-corrected chi connectivity index (χ3v) is 3.80. The molecule has 1 N–H and O–H groups in total. The maximum absolute atomic E-state index is 10.8. The first-order valence-electron chi connectivity index (χ1n) is 6.42. The van der Waals surface area contributed by atoms with Crippen molar-refractivity contribution in [2.75, 3.05) is 18.4 Å². The first-order valence-corrected chi connectivity index (χ1v) is 6.79. The van der Waals surface area contributed by atoms with Crippen LogP contribution >= 0.6 is 11.6 Å². The van der Waals surface area contributed by atoms with Gasteiger partial charge in [-0.25, -0.2) is 0 Å². The molecular weight excluding hydrogens is 266 g/mol. The standard InChI is InChI=1S/C13H18ClN3O2/c1-9(2)16-6-5-10(8-16)15-13-7-11(17(18)19)3-4-12(13)14/h3-4,7,9-10,15H,5-6,8H2,1-2H3. The molecule has 1 heterocycles. The topological polar surface area (TPSA) is 58.4 Å². The monoisotopic (exact) mass is 283 g/mol. The highest BCUT2D eigenvalue weighted by Crippen LogP contribution is 2.28. The molecule has 5 nitrogen and oxygen atoms in total. The predicted molar refractivity (Wildman–Crippen MR) is 76.8 cm³/mol. The van der Waals surface area contributed by atoms with Crippen molar-refractivity contribution in [1.29, 1.82) is 0 Å². The number of nitrogens with one attached hydrogen (secondary N) is 1. The zero-order valence-corrected chi connectivity index (χ0v) is 11.9. The summed E-state index contributed by atoms with van der Waals surface area (Å²) >= 11 is 6.08. The lowest BCUT2D eigenvalue weighted by Gasteiger charge is -2.21. The van der Waals surface area contributed by atoms with Gasteiger partial charge in [-0.05, 0) is 26.3 Å². The Balaban J connectivity index is 2.07. The summed E-state index contributed by atoms with van der Waals surface area (Å²) in [6.45, 7) is 6.32. The lowest BCUT2D eigenvalue weighted by Crippen LogP contribution is -2.31. The van der Waals surface area contributed by atoms with Crippen molar-refractivity contribution in [3.8, 4) is 0 Å². The second-order valence-corrected chi connectivity index (χ2v) is 5.55. The van der Waals surface area contributed by atoms with E-state index in [4.69, 9.17) is 11.6 Å². The van der Waals surface area contributed by atoms with Crippen LogP contribution in [0.3, 0.4) is 0 Å².